The molecule has 0 aliphatic rings. The van der Waals surface area contributed by atoms with E-state index in [0.29, 0.717) is 11.4 Å². The van der Waals surface area contributed by atoms with Gasteiger partial charge in [0.2, 0.25) is 0 Å². The number of hydrogen-bond donors (Lipinski definition) is 1. The Morgan fingerprint density at radius 1 is 0.815 bits per heavy atom. The van der Waals surface area contributed by atoms with Crippen molar-refractivity contribution in [2.75, 3.05) is 11.9 Å². The summed E-state index contributed by atoms with van der Waals surface area (Å²) in [5.41, 5.74) is 3.65. The molecule has 1 N–H and O–H groups in total. The Balaban J connectivity index is 1.57. The molecule has 0 saturated heterocycles. The Hall–Kier alpha value is -3.40. The number of anilines is 1. The van der Waals surface area contributed by atoms with E-state index in [0.717, 1.165) is 16.7 Å². The summed E-state index contributed by atoms with van der Waals surface area (Å²) in [5, 5.41) is 2.81. The zero-order chi connectivity index (χ0) is 19.1. The smallest absolute Gasteiger partial charge is 0.262 e. The first kappa shape index (κ1) is 18.4. The summed E-state index contributed by atoms with van der Waals surface area (Å²) < 4.78 is 5.57. The van der Waals surface area contributed by atoms with Gasteiger partial charge in [-0.1, -0.05) is 60.7 Å². The molecule has 27 heavy (non-hydrogen) atoms. The number of para-hydroxylation sites is 1. The summed E-state index contributed by atoms with van der Waals surface area (Å²) in [4.78, 5) is 23.5. The molecule has 0 radical (unpaired) electrons. The van der Waals surface area contributed by atoms with Crippen molar-refractivity contribution in [1.29, 1.82) is 0 Å². The molecule has 0 fully saturated rings. The van der Waals surface area contributed by atoms with Crippen molar-refractivity contribution in [2.24, 2.45) is 0 Å². The first-order valence-electron chi connectivity index (χ1n) is 8.77. The number of rotatable bonds is 7. The minimum atomic E-state index is -0.266. The Labute approximate surface area is 158 Å². The molecule has 4 heteroatoms. The summed E-state index contributed by atoms with van der Waals surface area (Å²) >= 11 is 0. The summed E-state index contributed by atoms with van der Waals surface area (Å²) in [6, 6.07) is 25.0. The number of nitrogens with one attached hydrogen (secondary N) is 1. The van der Waals surface area contributed by atoms with Crippen LogP contribution in [0.15, 0.2) is 78.9 Å². The summed E-state index contributed by atoms with van der Waals surface area (Å²) in [7, 11) is 0. The van der Waals surface area contributed by atoms with E-state index in [4.69, 9.17) is 4.74 Å². The van der Waals surface area contributed by atoms with E-state index >= 15 is 0 Å². The van der Waals surface area contributed by atoms with E-state index in [1.54, 1.807) is 6.07 Å². The molecule has 4 nitrogen and oxygen atoms in total. The van der Waals surface area contributed by atoms with Gasteiger partial charge in [-0.25, -0.2) is 0 Å². The van der Waals surface area contributed by atoms with Gasteiger partial charge in [0.15, 0.2) is 6.61 Å². The van der Waals surface area contributed by atoms with Crippen molar-refractivity contribution in [2.45, 2.75) is 13.3 Å². The van der Waals surface area contributed by atoms with Gasteiger partial charge in [-0.05, 0) is 41.8 Å². The average Bonchev–Trinajstić information content (AvgIpc) is 2.69. The third-order valence-electron chi connectivity index (χ3n) is 4.06. The van der Waals surface area contributed by atoms with Gasteiger partial charge in [0.25, 0.3) is 5.91 Å². The lowest BCUT2D eigenvalue weighted by atomic mass is 10.1. The molecule has 0 spiro atoms. The van der Waals surface area contributed by atoms with Crippen molar-refractivity contribution in [1.82, 2.24) is 0 Å². The molecule has 0 saturated carbocycles. The Morgan fingerprint density at radius 3 is 2.15 bits per heavy atom. The predicted molar refractivity (Wildman–Crippen MR) is 107 cm³/mol. The zero-order valence-corrected chi connectivity index (χ0v) is 15.1. The standard InChI is InChI=1S/C23H21NO3/c1-17(25)15-20-9-5-6-10-22(20)24-23(26)16-27-21-13-11-19(12-14-21)18-7-3-2-4-8-18/h2-14H,15-16H2,1H3,(H,24,26). The molecule has 0 bridgehead atoms. The van der Waals surface area contributed by atoms with Crippen LogP contribution in [0.3, 0.4) is 0 Å². The number of hydrogen-bond acceptors (Lipinski definition) is 3. The summed E-state index contributed by atoms with van der Waals surface area (Å²) in [5.74, 6) is 0.409. The number of amides is 1. The van der Waals surface area contributed by atoms with Crippen molar-refractivity contribution in [3.05, 3.63) is 84.4 Å². The van der Waals surface area contributed by atoms with Gasteiger partial charge >= 0.3 is 0 Å². The molecule has 3 aromatic rings. The average molecular weight is 359 g/mol. The third kappa shape index (κ3) is 5.28. The molecule has 3 rings (SSSR count). The number of Topliss-reactive ketones (excluding diaryl/α,β-unsaturated/α-hetero) is 1. The fourth-order valence-electron chi connectivity index (χ4n) is 2.77. The van der Waals surface area contributed by atoms with Gasteiger partial charge < -0.3 is 10.1 Å². The second-order valence-corrected chi connectivity index (χ2v) is 6.26. The Bertz CT molecular complexity index is 918. The van der Waals surface area contributed by atoms with E-state index in [-0.39, 0.29) is 24.7 Å². The van der Waals surface area contributed by atoms with Crippen molar-refractivity contribution in [3.63, 3.8) is 0 Å². The van der Waals surface area contributed by atoms with E-state index in [2.05, 4.69) is 5.32 Å². The highest BCUT2D eigenvalue weighted by Gasteiger charge is 2.09. The maximum absolute atomic E-state index is 12.2. The molecule has 0 unspecified atom stereocenters. The van der Waals surface area contributed by atoms with Crippen LogP contribution >= 0.6 is 0 Å². The lowest BCUT2D eigenvalue weighted by molar-refractivity contribution is -0.118. The van der Waals surface area contributed by atoms with Crippen LogP contribution in [0.25, 0.3) is 11.1 Å². The molecule has 0 aliphatic heterocycles. The number of benzene rings is 3. The SMILES string of the molecule is CC(=O)Cc1ccccc1NC(=O)COc1ccc(-c2ccccc2)cc1. The second kappa shape index (κ2) is 8.81. The lowest BCUT2D eigenvalue weighted by Crippen LogP contribution is -2.21. The van der Waals surface area contributed by atoms with Crippen LogP contribution in [0.4, 0.5) is 5.69 Å². The van der Waals surface area contributed by atoms with Crippen molar-refractivity contribution < 1.29 is 14.3 Å². The van der Waals surface area contributed by atoms with Gasteiger partial charge in [0.05, 0.1) is 0 Å². The van der Waals surface area contributed by atoms with Gasteiger partial charge in [-0.3, -0.25) is 9.59 Å². The highest BCUT2D eigenvalue weighted by molar-refractivity contribution is 5.93. The summed E-state index contributed by atoms with van der Waals surface area (Å²) in [6.45, 7) is 1.43. The minimum Gasteiger partial charge on any atom is -0.484 e. The normalized spacial score (nSPS) is 10.3. The van der Waals surface area contributed by atoms with E-state index in [1.165, 1.54) is 6.92 Å². The molecule has 0 aromatic heterocycles. The zero-order valence-electron chi connectivity index (χ0n) is 15.1. The molecular weight excluding hydrogens is 338 g/mol. The molecule has 0 heterocycles. The fourth-order valence-corrected chi connectivity index (χ4v) is 2.77. The Kier molecular flexibility index (Phi) is 6.00. The van der Waals surface area contributed by atoms with Crippen LogP contribution in [-0.2, 0) is 16.0 Å². The van der Waals surface area contributed by atoms with Crippen LogP contribution in [0, 0.1) is 0 Å². The largest absolute Gasteiger partial charge is 0.484 e. The fraction of sp³-hybridized carbons (Fsp3) is 0.130. The summed E-state index contributed by atoms with van der Waals surface area (Å²) in [6.07, 6.45) is 0.290. The third-order valence-corrected chi connectivity index (χ3v) is 4.06. The van der Waals surface area contributed by atoms with Gasteiger partial charge in [-0.15, -0.1) is 0 Å². The highest BCUT2D eigenvalue weighted by Crippen LogP contribution is 2.22. The number of ether oxygens (including phenoxy) is 1. The Morgan fingerprint density at radius 2 is 1.44 bits per heavy atom. The van der Waals surface area contributed by atoms with Gasteiger partial charge in [-0.2, -0.15) is 0 Å². The van der Waals surface area contributed by atoms with E-state index in [1.807, 2.05) is 72.8 Å². The van der Waals surface area contributed by atoms with E-state index < -0.39 is 0 Å². The maximum Gasteiger partial charge on any atom is 0.262 e. The molecular formula is C23H21NO3. The number of carbonyl (C=O) groups excluding carboxylic acids is 2. The van der Waals surface area contributed by atoms with Crippen LogP contribution < -0.4 is 10.1 Å². The monoisotopic (exact) mass is 359 g/mol. The molecule has 1 amide bonds. The highest BCUT2D eigenvalue weighted by atomic mass is 16.5. The van der Waals surface area contributed by atoms with E-state index in [9.17, 15) is 9.59 Å². The van der Waals surface area contributed by atoms with Crippen molar-refractivity contribution in [3.8, 4) is 16.9 Å². The molecule has 0 aliphatic carbocycles. The molecule has 136 valence electrons. The van der Waals surface area contributed by atoms with Crippen LogP contribution in [0.1, 0.15) is 12.5 Å². The predicted octanol–water partition coefficient (Wildman–Crippen LogP) is 4.50. The minimum absolute atomic E-state index is 0.0476. The van der Waals surface area contributed by atoms with Crippen molar-refractivity contribution >= 4 is 17.4 Å². The maximum atomic E-state index is 12.2. The number of ketones is 1. The van der Waals surface area contributed by atoms with Crippen LogP contribution in [-0.4, -0.2) is 18.3 Å². The van der Waals surface area contributed by atoms with Crippen LogP contribution in [0.5, 0.6) is 5.75 Å². The lowest BCUT2D eigenvalue weighted by Gasteiger charge is -2.11. The quantitative estimate of drug-likeness (QED) is 0.676. The van der Waals surface area contributed by atoms with Gasteiger partial charge in [0, 0.05) is 12.1 Å². The van der Waals surface area contributed by atoms with Crippen LogP contribution in [0.2, 0.25) is 0 Å². The number of carbonyl (C=O) groups is 2. The molecule has 0 atom stereocenters. The molecule has 3 aromatic carbocycles. The first-order chi connectivity index (χ1) is 13.1. The topological polar surface area (TPSA) is 55.4 Å². The first-order valence-corrected chi connectivity index (χ1v) is 8.77. The second-order valence-electron chi connectivity index (χ2n) is 6.26. The van der Waals surface area contributed by atoms with Gasteiger partial charge in [0.1, 0.15) is 11.5 Å².